The summed E-state index contributed by atoms with van der Waals surface area (Å²) in [6.07, 6.45) is 1.87. The second-order valence-electron chi connectivity index (χ2n) is 4.82. The number of hydrogen-bond donors (Lipinski definition) is 1. The molecule has 1 heterocycles. The van der Waals surface area contributed by atoms with E-state index in [1.807, 2.05) is 16.9 Å². The van der Waals surface area contributed by atoms with Crippen LogP contribution in [0.4, 0.5) is 0 Å². The van der Waals surface area contributed by atoms with Crippen LogP contribution in [-0.4, -0.2) is 16.9 Å². The van der Waals surface area contributed by atoms with Crippen molar-refractivity contribution in [2.45, 2.75) is 33.2 Å². The number of rotatable bonds is 6. The first-order valence-corrected chi connectivity index (χ1v) is 7.40. The molecule has 0 aliphatic rings. The highest BCUT2D eigenvalue weighted by Crippen LogP contribution is 2.23. The maximum atomic E-state index is 5.16. The predicted octanol–water partition coefficient (Wildman–Crippen LogP) is 3.41. The number of halogens is 1. The Hall–Kier alpha value is -1.17. The number of ether oxygens (including phenoxy) is 1. The standard InChI is InChI=1S/C15H20BrN3O/c1-11-8-18-19(10-20-3)15(11)9-17-12(2)13-6-4-5-7-14(13)16/h4-8,12,17H,9-10H2,1-3H3/t12-/m0/s1. The third-order valence-corrected chi connectivity index (χ3v) is 4.08. The lowest BCUT2D eigenvalue weighted by Gasteiger charge is -2.17. The van der Waals surface area contributed by atoms with Gasteiger partial charge in [0.15, 0.2) is 0 Å². The van der Waals surface area contributed by atoms with Gasteiger partial charge in [0.2, 0.25) is 0 Å². The Morgan fingerprint density at radius 1 is 1.40 bits per heavy atom. The van der Waals surface area contributed by atoms with E-state index in [0.717, 1.165) is 16.7 Å². The molecule has 4 nitrogen and oxygen atoms in total. The Balaban J connectivity index is 2.05. The molecule has 1 atom stereocenters. The van der Waals surface area contributed by atoms with Crippen LogP contribution in [0, 0.1) is 6.92 Å². The average molecular weight is 338 g/mol. The SMILES string of the molecule is COCn1ncc(C)c1CN[C@@H](C)c1ccccc1Br. The van der Waals surface area contributed by atoms with Gasteiger partial charge in [0, 0.05) is 24.2 Å². The van der Waals surface area contributed by atoms with E-state index < -0.39 is 0 Å². The van der Waals surface area contributed by atoms with E-state index in [1.54, 1.807) is 7.11 Å². The number of methoxy groups -OCH3 is 1. The van der Waals surface area contributed by atoms with Gasteiger partial charge in [0.25, 0.3) is 0 Å². The van der Waals surface area contributed by atoms with Crippen molar-refractivity contribution >= 4 is 15.9 Å². The van der Waals surface area contributed by atoms with Crippen LogP contribution >= 0.6 is 15.9 Å². The van der Waals surface area contributed by atoms with Gasteiger partial charge < -0.3 is 10.1 Å². The summed E-state index contributed by atoms with van der Waals surface area (Å²) in [5, 5.41) is 7.85. The van der Waals surface area contributed by atoms with Gasteiger partial charge in [-0.25, -0.2) is 4.68 Å². The van der Waals surface area contributed by atoms with Crippen molar-refractivity contribution in [3.63, 3.8) is 0 Å². The molecular formula is C15H20BrN3O. The average Bonchev–Trinajstić information content (AvgIpc) is 2.78. The fourth-order valence-electron chi connectivity index (χ4n) is 2.15. The lowest BCUT2D eigenvalue weighted by Crippen LogP contribution is -2.21. The summed E-state index contributed by atoms with van der Waals surface area (Å²) in [5.74, 6) is 0. The molecular weight excluding hydrogens is 318 g/mol. The summed E-state index contributed by atoms with van der Waals surface area (Å²) in [7, 11) is 1.68. The zero-order valence-corrected chi connectivity index (χ0v) is 13.6. The van der Waals surface area contributed by atoms with Gasteiger partial charge >= 0.3 is 0 Å². The second kappa shape index (κ2) is 7.02. The molecule has 0 amide bonds. The van der Waals surface area contributed by atoms with E-state index in [9.17, 15) is 0 Å². The molecule has 20 heavy (non-hydrogen) atoms. The summed E-state index contributed by atoms with van der Waals surface area (Å²) in [6.45, 7) is 5.47. The van der Waals surface area contributed by atoms with Crippen molar-refractivity contribution in [1.29, 1.82) is 0 Å². The van der Waals surface area contributed by atoms with E-state index in [2.05, 4.69) is 58.4 Å². The number of aromatic nitrogens is 2. The van der Waals surface area contributed by atoms with Crippen molar-refractivity contribution in [2.75, 3.05) is 7.11 Å². The number of hydrogen-bond acceptors (Lipinski definition) is 3. The fraction of sp³-hybridized carbons (Fsp3) is 0.400. The fourth-order valence-corrected chi connectivity index (χ4v) is 2.78. The molecule has 0 radical (unpaired) electrons. The molecule has 0 aliphatic heterocycles. The molecule has 2 aromatic rings. The maximum absolute atomic E-state index is 5.16. The number of nitrogens with zero attached hydrogens (tertiary/aromatic N) is 2. The minimum atomic E-state index is 0.260. The molecule has 0 saturated carbocycles. The van der Waals surface area contributed by atoms with Crippen LogP contribution in [0.25, 0.3) is 0 Å². The van der Waals surface area contributed by atoms with Crippen molar-refractivity contribution < 1.29 is 4.74 Å². The van der Waals surface area contributed by atoms with Gasteiger partial charge in [-0.1, -0.05) is 34.1 Å². The third kappa shape index (κ3) is 3.48. The molecule has 1 aromatic carbocycles. The molecule has 1 N–H and O–H groups in total. The summed E-state index contributed by atoms with van der Waals surface area (Å²) in [6, 6.07) is 8.53. The summed E-state index contributed by atoms with van der Waals surface area (Å²) < 4.78 is 8.17. The van der Waals surface area contributed by atoms with E-state index in [0.29, 0.717) is 6.73 Å². The Morgan fingerprint density at radius 2 is 2.15 bits per heavy atom. The van der Waals surface area contributed by atoms with Crippen LogP contribution in [0.1, 0.15) is 29.8 Å². The zero-order chi connectivity index (χ0) is 14.5. The minimum absolute atomic E-state index is 0.260. The number of benzene rings is 1. The second-order valence-corrected chi connectivity index (χ2v) is 5.67. The van der Waals surface area contributed by atoms with Gasteiger partial charge in [-0.05, 0) is 31.0 Å². The first-order valence-electron chi connectivity index (χ1n) is 6.61. The highest BCUT2D eigenvalue weighted by molar-refractivity contribution is 9.10. The van der Waals surface area contributed by atoms with E-state index in [4.69, 9.17) is 4.74 Å². The quantitative estimate of drug-likeness (QED) is 0.877. The highest BCUT2D eigenvalue weighted by Gasteiger charge is 2.11. The zero-order valence-electron chi connectivity index (χ0n) is 12.1. The van der Waals surface area contributed by atoms with Crippen molar-refractivity contribution in [2.24, 2.45) is 0 Å². The van der Waals surface area contributed by atoms with E-state index in [-0.39, 0.29) is 6.04 Å². The Kier molecular flexibility index (Phi) is 5.34. The Morgan fingerprint density at radius 3 is 2.85 bits per heavy atom. The molecule has 0 saturated heterocycles. The van der Waals surface area contributed by atoms with Gasteiger partial charge in [0.1, 0.15) is 6.73 Å². The molecule has 108 valence electrons. The third-order valence-electron chi connectivity index (χ3n) is 3.36. The monoisotopic (exact) mass is 337 g/mol. The van der Waals surface area contributed by atoms with Gasteiger partial charge in [-0.15, -0.1) is 0 Å². The van der Waals surface area contributed by atoms with Gasteiger partial charge in [-0.2, -0.15) is 5.10 Å². The normalized spacial score (nSPS) is 12.6. The van der Waals surface area contributed by atoms with Crippen LogP contribution < -0.4 is 5.32 Å². The molecule has 0 aliphatic carbocycles. The summed E-state index contributed by atoms with van der Waals surface area (Å²) >= 11 is 3.59. The van der Waals surface area contributed by atoms with Crippen LogP contribution in [0.15, 0.2) is 34.9 Å². The van der Waals surface area contributed by atoms with Crippen LogP contribution in [-0.2, 0) is 18.0 Å². The number of nitrogens with one attached hydrogen (secondary N) is 1. The molecule has 2 rings (SSSR count). The van der Waals surface area contributed by atoms with Crippen molar-refractivity contribution in [3.05, 3.63) is 51.8 Å². The van der Waals surface area contributed by atoms with Crippen molar-refractivity contribution in [3.8, 4) is 0 Å². The molecule has 5 heteroatoms. The van der Waals surface area contributed by atoms with Crippen molar-refractivity contribution in [1.82, 2.24) is 15.1 Å². The first-order chi connectivity index (χ1) is 9.63. The predicted molar refractivity (Wildman–Crippen MR) is 83.4 cm³/mol. The van der Waals surface area contributed by atoms with Crippen LogP contribution in [0.2, 0.25) is 0 Å². The summed E-state index contributed by atoms with van der Waals surface area (Å²) in [4.78, 5) is 0. The van der Waals surface area contributed by atoms with Crippen LogP contribution in [0.5, 0.6) is 0 Å². The smallest absolute Gasteiger partial charge is 0.139 e. The summed E-state index contributed by atoms with van der Waals surface area (Å²) in [5.41, 5.74) is 3.59. The molecule has 0 bridgehead atoms. The number of aryl methyl sites for hydroxylation is 1. The Labute approximate surface area is 128 Å². The lowest BCUT2D eigenvalue weighted by molar-refractivity contribution is 0.117. The van der Waals surface area contributed by atoms with Gasteiger partial charge in [-0.3, -0.25) is 0 Å². The Bertz CT molecular complexity index is 568. The first kappa shape index (κ1) is 15.2. The lowest BCUT2D eigenvalue weighted by atomic mass is 10.1. The van der Waals surface area contributed by atoms with Gasteiger partial charge in [0.05, 0.1) is 11.9 Å². The maximum Gasteiger partial charge on any atom is 0.139 e. The minimum Gasteiger partial charge on any atom is -0.362 e. The topological polar surface area (TPSA) is 39.1 Å². The molecule has 0 spiro atoms. The van der Waals surface area contributed by atoms with E-state index >= 15 is 0 Å². The largest absolute Gasteiger partial charge is 0.362 e. The van der Waals surface area contributed by atoms with E-state index in [1.165, 1.54) is 11.1 Å². The molecule has 0 fully saturated rings. The highest BCUT2D eigenvalue weighted by atomic mass is 79.9. The molecule has 0 unspecified atom stereocenters. The van der Waals surface area contributed by atoms with Crippen LogP contribution in [0.3, 0.4) is 0 Å². The molecule has 1 aromatic heterocycles.